The molecule has 0 saturated carbocycles. The van der Waals surface area contributed by atoms with E-state index in [0.29, 0.717) is 12.1 Å². The minimum absolute atomic E-state index is 0.0445. The third-order valence-electron chi connectivity index (χ3n) is 2.36. The van der Waals surface area contributed by atoms with Crippen molar-refractivity contribution in [3.05, 3.63) is 35.1 Å². The molecule has 0 spiro atoms. The van der Waals surface area contributed by atoms with Gasteiger partial charge in [-0.15, -0.1) is 0 Å². The van der Waals surface area contributed by atoms with Gasteiger partial charge in [-0.2, -0.15) is 0 Å². The van der Waals surface area contributed by atoms with Crippen molar-refractivity contribution in [2.45, 2.75) is 18.9 Å². The van der Waals surface area contributed by atoms with Gasteiger partial charge in [-0.1, -0.05) is 0 Å². The summed E-state index contributed by atoms with van der Waals surface area (Å²) in [6.07, 6.45) is 0.101. The van der Waals surface area contributed by atoms with Crippen LogP contribution in [0.2, 0.25) is 6.04 Å². The van der Waals surface area contributed by atoms with E-state index in [9.17, 15) is 22.8 Å². The first kappa shape index (κ1) is 14.2. The molecule has 7 heteroatoms. The van der Waals surface area contributed by atoms with Gasteiger partial charge in [0.1, 0.15) is 17.5 Å². The first-order valence-electron chi connectivity index (χ1n) is 4.99. The largest absolute Gasteiger partial charge is 0.495 e. The molecular weight excluding hydrogens is 253 g/mol. The fraction of sp³-hybridized carbons (Fsp3) is 0.400. The zero-order chi connectivity index (χ0) is 13.1. The average Bonchev–Trinajstić information content (AvgIpc) is 2.22. The van der Waals surface area contributed by atoms with Crippen LogP contribution in [-0.2, 0) is 10.8 Å². The van der Waals surface area contributed by atoms with Crippen molar-refractivity contribution in [3.63, 3.8) is 0 Å². The van der Waals surface area contributed by atoms with Gasteiger partial charge in [0.15, 0.2) is 0 Å². The third kappa shape index (κ3) is 4.12. The Hall–Kier alpha value is -0.893. The summed E-state index contributed by atoms with van der Waals surface area (Å²) < 4.78 is 43.4. The highest BCUT2D eigenvalue weighted by atomic mass is 28.4. The summed E-state index contributed by atoms with van der Waals surface area (Å²) in [4.78, 5) is 18.4. The van der Waals surface area contributed by atoms with E-state index in [1.165, 1.54) is 0 Å². The van der Waals surface area contributed by atoms with Crippen LogP contribution < -0.4 is 0 Å². The Morgan fingerprint density at radius 3 is 2.18 bits per heavy atom. The number of hydrogen-bond donors (Lipinski definition) is 2. The summed E-state index contributed by atoms with van der Waals surface area (Å²) in [5, 5.41) is 0. The van der Waals surface area contributed by atoms with Crippen LogP contribution in [0.4, 0.5) is 13.2 Å². The van der Waals surface area contributed by atoms with E-state index in [1.54, 1.807) is 0 Å². The molecule has 0 heterocycles. The van der Waals surface area contributed by atoms with Gasteiger partial charge in [0, 0.05) is 30.9 Å². The van der Waals surface area contributed by atoms with Gasteiger partial charge < -0.3 is 14.0 Å². The molecule has 1 rings (SSSR count). The van der Waals surface area contributed by atoms with Crippen molar-refractivity contribution in [2.75, 3.05) is 7.11 Å². The molecule has 0 aliphatic heterocycles. The van der Waals surface area contributed by atoms with Gasteiger partial charge in [0.05, 0.1) is 0 Å². The summed E-state index contributed by atoms with van der Waals surface area (Å²) >= 11 is 0. The zero-order valence-electron chi connectivity index (χ0n) is 9.21. The molecular formula is C10H13F3O3Si. The fourth-order valence-electron chi connectivity index (χ4n) is 1.41. The van der Waals surface area contributed by atoms with Crippen LogP contribution in [0.1, 0.15) is 12.0 Å². The Labute approximate surface area is 97.8 Å². The van der Waals surface area contributed by atoms with Crippen molar-refractivity contribution in [1.29, 1.82) is 0 Å². The van der Waals surface area contributed by atoms with Gasteiger partial charge in [-0.05, 0) is 12.8 Å². The lowest BCUT2D eigenvalue weighted by Gasteiger charge is -2.14. The molecule has 2 N–H and O–H groups in total. The molecule has 0 amide bonds. The first-order chi connectivity index (χ1) is 7.85. The summed E-state index contributed by atoms with van der Waals surface area (Å²) in [6, 6.07) is 1.12. The molecule has 1 aromatic carbocycles. The van der Waals surface area contributed by atoms with Crippen LogP contribution in [-0.4, -0.2) is 25.5 Å². The summed E-state index contributed by atoms with van der Waals surface area (Å²) in [5.74, 6) is -2.92. The van der Waals surface area contributed by atoms with Gasteiger partial charge in [-0.25, -0.2) is 13.2 Å². The molecule has 0 aliphatic carbocycles. The Balaban J connectivity index is 2.64. The highest BCUT2D eigenvalue weighted by molar-refractivity contribution is 6.57. The third-order valence-corrected chi connectivity index (χ3v) is 4.02. The maximum absolute atomic E-state index is 13.2. The minimum Gasteiger partial charge on any atom is -0.390 e. The second-order valence-electron chi connectivity index (χ2n) is 3.65. The lowest BCUT2D eigenvalue weighted by molar-refractivity contribution is 0.183. The number of halogens is 3. The van der Waals surface area contributed by atoms with Crippen LogP contribution in [0.25, 0.3) is 0 Å². The molecule has 0 radical (unpaired) electrons. The predicted molar refractivity (Wildman–Crippen MR) is 56.6 cm³/mol. The van der Waals surface area contributed by atoms with E-state index >= 15 is 0 Å². The van der Waals surface area contributed by atoms with E-state index in [0.717, 1.165) is 7.11 Å². The standard InChI is InChI=1S/C10H13F3O3Si/c1-16-17(14,15)4-2-3-8-9(12)5-7(11)6-10(8)13/h5-6,14-15H,2-4H2,1H3. The number of rotatable bonds is 5. The molecule has 0 bridgehead atoms. The van der Waals surface area contributed by atoms with Gasteiger partial charge in [-0.3, -0.25) is 0 Å². The Kier molecular flexibility index (Phi) is 4.69. The highest BCUT2D eigenvalue weighted by Gasteiger charge is 2.29. The summed E-state index contributed by atoms with van der Waals surface area (Å²) in [7, 11) is -2.54. The Bertz CT molecular complexity index is 375. The molecule has 96 valence electrons. The van der Waals surface area contributed by atoms with Crippen LogP contribution >= 0.6 is 0 Å². The first-order valence-corrected chi connectivity index (χ1v) is 7.00. The van der Waals surface area contributed by atoms with Crippen LogP contribution in [0.15, 0.2) is 12.1 Å². The molecule has 0 fully saturated rings. The van der Waals surface area contributed by atoms with Crippen molar-refractivity contribution in [3.8, 4) is 0 Å². The number of benzene rings is 1. The molecule has 0 unspecified atom stereocenters. The van der Waals surface area contributed by atoms with E-state index < -0.39 is 26.3 Å². The van der Waals surface area contributed by atoms with Crippen LogP contribution in [0.3, 0.4) is 0 Å². The van der Waals surface area contributed by atoms with E-state index in [1.807, 2.05) is 0 Å². The average molecular weight is 266 g/mol. The minimum atomic E-state index is -3.70. The van der Waals surface area contributed by atoms with Gasteiger partial charge in [0.25, 0.3) is 0 Å². The van der Waals surface area contributed by atoms with Crippen LogP contribution in [0.5, 0.6) is 0 Å². The molecule has 3 nitrogen and oxygen atoms in total. The molecule has 0 aromatic heterocycles. The second kappa shape index (κ2) is 5.63. The normalized spacial score (nSPS) is 11.9. The van der Waals surface area contributed by atoms with Crippen LogP contribution in [0, 0.1) is 17.5 Å². The Morgan fingerprint density at radius 1 is 1.18 bits per heavy atom. The van der Waals surface area contributed by atoms with E-state index in [2.05, 4.69) is 4.43 Å². The maximum Gasteiger partial charge on any atom is 0.495 e. The molecule has 1 aromatic rings. The second-order valence-corrected chi connectivity index (χ2v) is 6.04. The predicted octanol–water partition coefficient (Wildman–Crippen LogP) is 1.61. The smallest absolute Gasteiger partial charge is 0.390 e. The highest BCUT2D eigenvalue weighted by Crippen LogP contribution is 2.18. The lowest BCUT2D eigenvalue weighted by Crippen LogP contribution is -2.37. The summed E-state index contributed by atoms with van der Waals surface area (Å²) in [5.41, 5.74) is -0.257. The fourth-order valence-corrected chi connectivity index (χ4v) is 2.25. The lowest BCUT2D eigenvalue weighted by atomic mass is 10.1. The maximum atomic E-state index is 13.2. The van der Waals surface area contributed by atoms with Crippen molar-refractivity contribution >= 4 is 8.80 Å². The zero-order valence-corrected chi connectivity index (χ0v) is 10.2. The monoisotopic (exact) mass is 266 g/mol. The SMILES string of the molecule is CO[Si](O)(O)CCCc1c(F)cc(F)cc1F. The molecule has 17 heavy (non-hydrogen) atoms. The number of hydrogen-bond acceptors (Lipinski definition) is 3. The van der Waals surface area contributed by atoms with Crippen molar-refractivity contribution in [1.82, 2.24) is 0 Å². The summed E-state index contributed by atoms with van der Waals surface area (Å²) in [6.45, 7) is 0. The quantitative estimate of drug-likeness (QED) is 0.796. The van der Waals surface area contributed by atoms with Gasteiger partial charge in [0.2, 0.25) is 0 Å². The molecule has 0 aliphatic rings. The van der Waals surface area contributed by atoms with Crippen molar-refractivity contribution in [2.24, 2.45) is 0 Å². The molecule has 0 saturated heterocycles. The topological polar surface area (TPSA) is 49.7 Å². The Morgan fingerprint density at radius 2 is 1.71 bits per heavy atom. The van der Waals surface area contributed by atoms with E-state index in [-0.39, 0.29) is 24.4 Å². The van der Waals surface area contributed by atoms with Gasteiger partial charge >= 0.3 is 8.80 Å². The van der Waals surface area contributed by atoms with Crippen molar-refractivity contribution < 1.29 is 27.2 Å². The van der Waals surface area contributed by atoms with E-state index in [4.69, 9.17) is 0 Å². The molecule has 0 atom stereocenters.